The Balaban J connectivity index is 2.11. The third-order valence-corrected chi connectivity index (χ3v) is 3.91. The van der Waals surface area contributed by atoms with E-state index in [4.69, 9.17) is 0 Å². The SMILES string of the molecule is Cc1cccc2c1ccc1[n+]2Cc2ccccc2-1. The molecule has 3 aromatic rings. The van der Waals surface area contributed by atoms with E-state index in [1.165, 1.54) is 33.3 Å². The first kappa shape index (κ1) is 9.84. The summed E-state index contributed by atoms with van der Waals surface area (Å²) in [7, 11) is 0. The van der Waals surface area contributed by atoms with Gasteiger partial charge in [0.05, 0.1) is 5.56 Å². The van der Waals surface area contributed by atoms with E-state index in [2.05, 4.69) is 66.1 Å². The van der Waals surface area contributed by atoms with Crippen LogP contribution in [0.2, 0.25) is 0 Å². The van der Waals surface area contributed by atoms with Crippen molar-refractivity contribution < 1.29 is 4.57 Å². The molecule has 0 unspecified atom stereocenters. The van der Waals surface area contributed by atoms with Crippen molar-refractivity contribution in [1.29, 1.82) is 0 Å². The molecule has 0 spiro atoms. The van der Waals surface area contributed by atoms with Crippen LogP contribution in [0, 0.1) is 6.92 Å². The summed E-state index contributed by atoms with van der Waals surface area (Å²) in [6, 6.07) is 19.7. The van der Waals surface area contributed by atoms with E-state index in [-0.39, 0.29) is 0 Å². The summed E-state index contributed by atoms with van der Waals surface area (Å²) in [5.74, 6) is 0. The predicted molar refractivity (Wildman–Crippen MR) is 73.4 cm³/mol. The lowest BCUT2D eigenvalue weighted by molar-refractivity contribution is -0.645. The fourth-order valence-corrected chi connectivity index (χ4v) is 2.98. The van der Waals surface area contributed by atoms with Gasteiger partial charge in [-0.05, 0) is 24.6 Å². The lowest BCUT2D eigenvalue weighted by Crippen LogP contribution is -2.33. The fraction of sp³-hybridized carbons (Fsp3) is 0.118. The number of hydrogen-bond donors (Lipinski definition) is 0. The summed E-state index contributed by atoms with van der Waals surface area (Å²) in [4.78, 5) is 0. The molecule has 0 saturated carbocycles. The monoisotopic (exact) mass is 232 g/mol. The molecule has 0 N–H and O–H groups in total. The zero-order valence-corrected chi connectivity index (χ0v) is 10.4. The van der Waals surface area contributed by atoms with Gasteiger partial charge in [0, 0.05) is 23.1 Å². The minimum Gasteiger partial charge on any atom is -0.187 e. The van der Waals surface area contributed by atoms with E-state index >= 15 is 0 Å². The maximum atomic E-state index is 2.42. The Hall–Kier alpha value is -2.15. The summed E-state index contributed by atoms with van der Waals surface area (Å²) >= 11 is 0. The summed E-state index contributed by atoms with van der Waals surface area (Å²) in [5, 5.41) is 1.36. The highest BCUT2D eigenvalue weighted by Gasteiger charge is 2.27. The maximum Gasteiger partial charge on any atom is 0.213 e. The Labute approximate surface area is 106 Å². The molecule has 1 aliphatic rings. The second-order valence-electron chi connectivity index (χ2n) is 4.97. The lowest BCUT2D eigenvalue weighted by Gasteiger charge is -2.01. The van der Waals surface area contributed by atoms with Crippen molar-refractivity contribution >= 4 is 10.9 Å². The molecular weight excluding hydrogens is 218 g/mol. The molecular formula is C17H14N+. The van der Waals surface area contributed by atoms with Gasteiger partial charge in [-0.2, -0.15) is 4.57 Å². The molecule has 18 heavy (non-hydrogen) atoms. The normalized spacial score (nSPS) is 12.5. The highest BCUT2D eigenvalue weighted by molar-refractivity contribution is 5.81. The summed E-state index contributed by atoms with van der Waals surface area (Å²) in [5.41, 5.74) is 6.82. The quantitative estimate of drug-likeness (QED) is 0.409. The van der Waals surface area contributed by atoms with E-state index < -0.39 is 0 Å². The molecule has 4 rings (SSSR count). The van der Waals surface area contributed by atoms with Crippen molar-refractivity contribution in [2.45, 2.75) is 13.5 Å². The number of nitrogens with zero attached hydrogens (tertiary/aromatic N) is 1. The molecule has 2 aromatic carbocycles. The number of hydrogen-bond acceptors (Lipinski definition) is 0. The molecule has 0 bridgehead atoms. The Morgan fingerprint density at radius 3 is 2.72 bits per heavy atom. The molecule has 1 nitrogen and oxygen atoms in total. The van der Waals surface area contributed by atoms with Crippen LogP contribution in [0.4, 0.5) is 0 Å². The molecule has 0 saturated heterocycles. The maximum absolute atomic E-state index is 2.42. The number of benzene rings is 2. The fourth-order valence-electron chi connectivity index (χ4n) is 2.98. The first-order valence-corrected chi connectivity index (χ1v) is 6.35. The van der Waals surface area contributed by atoms with Crippen LogP contribution in [0.1, 0.15) is 11.1 Å². The highest BCUT2D eigenvalue weighted by atomic mass is 15.0. The second-order valence-corrected chi connectivity index (χ2v) is 4.97. The molecule has 0 radical (unpaired) electrons. The van der Waals surface area contributed by atoms with Crippen LogP contribution in [-0.4, -0.2) is 0 Å². The van der Waals surface area contributed by atoms with Crippen LogP contribution in [0.25, 0.3) is 22.2 Å². The van der Waals surface area contributed by atoms with Gasteiger partial charge in [-0.1, -0.05) is 30.3 Å². The topological polar surface area (TPSA) is 3.88 Å². The van der Waals surface area contributed by atoms with Crippen LogP contribution in [0.15, 0.2) is 54.6 Å². The first-order chi connectivity index (χ1) is 8.84. The molecule has 2 heterocycles. The molecule has 0 aliphatic carbocycles. The Morgan fingerprint density at radius 1 is 0.889 bits per heavy atom. The van der Waals surface area contributed by atoms with Crippen LogP contribution >= 0.6 is 0 Å². The van der Waals surface area contributed by atoms with E-state index in [9.17, 15) is 0 Å². The summed E-state index contributed by atoms with van der Waals surface area (Å²) in [6.45, 7) is 3.17. The molecule has 0 atom stereocenters. The predicted octanol–water partition coefficient (Wildman–Crippen LogP) is 3.46. The average molecular weight is 232 g/mol. The van der Waals surface area contributed by atoms with E-state index in [1.807, 2.05) is 0 Å². The lowest BCUT2D eigenvalue weighted by atomic mass is 10.1. The van der Waals surface area contributed by atoms with Gasteiger partial charge in [-0.3, -0.25) is 0 Å². The van der Waals surface area contributed by atoms with Gasteiger partial charge in [-0.15, -0.1) is 0 Å². The van der Waals surface area contributed by atoms with Crippen molar-refractivity contribution in [1.82, 2.24) is 0 Å². The summed E-state index contributed by atoms with van der Waals surface area (Å²) in [6.07, 6.45) is 0. The smallest absolute Gasteiger partial charge is 0.187 e. The molecule has 86 valence electrons. The second kappa shape index (κ2) is 3.42. The van der Waals surface area contributed by atoms with Gasteiger partial charge >= 0.3 is 0 Å². The molecule has 1 aliphatic heterocycles. The zero-order chi connectivity index (χ0) is 12.1. The first-order valence-electron chi connectivity index (χ1n) is 6.35. The third kappa shape index (κ3) is 1.19. The van der Waals surface area contributed by atoms with Crippen LogP contribution in [-0.2, 0) is 6.54 Å². The number of fused-ring (bicyclic) bond motifs is 5. The highest BCUT2D eigenvalue weighted by Crippen LogP contribution is 2.29. The van der Waals surface area contributed by atoms with Gasteiger partial charge in [-0.25, -0.2) is 0 Å². The summed E-state index contributed by atoms with van der Waals surface area (Å²) < 4.78 is 2.42. The number of aromatic nitrogens is 1. The van der Waals surface area contributed by atoms with Crippen LogP contribution in [0.5, 0.6) is 0 Å². The standard InChI is InChI=1S/C17H14N/c1-12-5-4-8-16-14(12)9-10-17-15-7-3-2-6-13(15)11-18(16)17/h2-10H,11H2,1H3/q+1. The van der Waals surface area contributed by atoms with E-state index in [0.717, 1.165) is 6.54 Å². The van der Waals surface area contributed by atoms with Gasteiger partial charge in [0.25, 0.3) is 0 Å². The molecule has 1 aromatic heterocycles. The Bertz CT molecular complexity index is 772. The van der Waals surface area contributed by atoms with Gasteiger partial charge in [0.15, 0.2) is 6.54 Å². The van der Waals surface area contributed by atoms with Gasteiger partial charge in [0.1, 0.15) is 0 Å². The Kier molecular flexibility index (Phi) is 1.87. The molecule has 0 fully saturated rings. The van der Waals surface area contributed by atoms with Crippen molar-refractivity contribution in [2.24, 2.45) is 0 Å². The third-order valence-electron chi connectivity index (χ3n) is 3.91. The molecule has 1 heteroatoms. The molecule has 0 amide bonds. The number of aryl methyl sites for hydroxylation is 1. The number of pyridine rings is 1. The van der Waals surface area contributed by atoms with Crippen LogP contribution < -0.4 is 4.57 Å². The van der Waals surface area contributed by atoms with E-state index in [0.29, 0.717) is 0 Å². The van der Waals surface area contributed by atoms with Crippen molar-refractivity contribution in [3.63, 3.8) is 0 Å². The van der Waals surface area contributed by atoms with Gasteiger partial charge in [0.2, 0.25) is 11.2 Å². The van der Waals surface area contributed by atoms with Crippen molar-refractivity contribution in [2.75, 3.05) is 0 Å². The Morgan fingerprint density at radius 2 is 1.78 bits per heavy atom. The minimum absolute atomic E-state index is 0.992. The minimum atomic E-state index is 0.992. The number of rotatable bonds is 0. The van der Waals surface area contributed by atoms with E-state index in [1.54, 1.807) is 0 Å². The largest absolute Gasteiger partial charge is 0.213 e. The zero-order valence-electron chi connectivity index (χ0n) is 10.4. The van der Waals surface area contributed by atoms with Crippen molar-refractivity contribution in [3.05, 3.63) is 65.7 Å². The average Bonchev–Trinajstić information content (AvgIpc) is 2.78. The van der Waals surface area contributed by atoms with Crippen molar-refractivity contribution in [3.8, 4) is 11.3 Å². The van der Waals surface area contributed by atoms with Gasteiger partial charge < -0.3 is 0 Å². The van der Waals surface area contributed by atoms with Crippen LogP contribution in [0.3, 0.4) is 0 Å².